The monoisotopic (exact) mass is 522 g/mol. The van der Waals surface area contributed by atoms with E-state index in [1.807, 2.05) is 0 Å². The van der Waals surface area contributed by atoms with Gasteiger partial charge in [-0.25, -0.2) is 4.79 Å². The van der Waals surface area contributed by atoms with Gasteiger partial charge >= 0.3 is 5.97 Å². The lowest BCUT2D eigenvalue weighted by Crippen LogP contribution is -3.02. The van der Waals surface area contributed by atoms with Crippen molar-refractivity contribution in [3.63, 3.8) is 0 Å². The van der Waals surface area contributed by atoms with E-state index in [0.29, 0.717) is 10.8 Å². The first-order valence-electron chi connectivity index (χ1n) is 11.0. The van der Waals surface area contributed by atoms with Gasteiger partial charge in [0.1, 0.15) is 35.9 Å². The SMILES string of the molecule is COc1cc(OC2OC(CO)C(O)C(O)C2O)cc2c1cc([NH+](O)O)c1c(C(=O)O)cc3c(c12)OCO3. The van der Waals surface area contributed by atoms with Crippen LogP contribution in [0.25, 0.3) is 21.5 Å². The number of hydrogen-bond donors (Lipinski definition) is 8. The molecule has 198 valence electrons. The number of nitrogens with one attached hydrogen (secondary N) is 1. The molecule has 5 rings (SSSR count). The fourth-order valence-corrected chi connectivity index (χ4v) is 4.63. The van der Waals surface area contributed by atoms with E-state index in [4.69, 9.17) is 23.7 Å². The number of quaternary nitrogens is 1. The molecule has 37 heavy (non-hydrogen) atoms. The first-order chi connectivity index (χ1) is 17.7. The van der Waals surface area contributed by atoms with Gasteiger partial charge in [0.05, 0.1) is 24.7 Å². The molecule has 2 aliphatic rings. The molecule has 8 N–H and O–H groups in total. The van der Waals surface area contributed by atoms with Crippen LogP contribution >= 0.6 is 0 Å². The number of methoxy groups -OCH3 is 1. The number of aromatic carboxylic acids is 1. The van der Waals surface area contributed by atoms with E-state index >= 15 is 0 Å². The number of carbonyl (C=O) groups is 1. The van der Waals surface area contributed by atoms with Crippen LogP contribution in [-0.4, -0.2) is 93.1 Å². The maximum Gasteiger partial charge on any atom is 0.336 e. The lowest BCUT2D eigenvalue weighted by atomic mass is 9.94. The van der Waals surface area contributed by atoms with Crippen LogP contribution in [0.15, 0.2) is 24.3 Å². The summed E-state index contributed by atoms with van der Waals surface area (Å²) < 4.78 is 27.7. The quantitative estimate of drug-likeness (QED) is 0.143. The number of carboxylic acids is 1. The van der Waals surface area contributed by atoms with Crippen LogP contribution in [0.2, 0.25) is 0 Å². The smallest absolute Gasteiger partial charge is 0.336 e. The Morgan fingerprint density at radius 2 is 1.78 bits per heavy atom. The van der Waals surface area contributed by atoms with Crippen molar-refractivity contribution in [2.75, 3.05) is 20.5 Å². The molecule has 2 aliphatic heterocycles. The fraction of sp³-hybridized carbons (Fsp3) is 0.348. The number of carboxylic acid groups (broad SMARTS) is 1. The summed E-state index contributed by atoms with van der Waals surface area (Å²) in [5.41, 5.74) is -0.477. The minimum absolute atomic E-state index is 0.0355. The van der Waals surface area contributed by atoms with Gasteiger partial charge in [0, 0.05) is 28.3 Å². The van der Waals surface area contributed by atoms with Crippen molar-refractivity contribution < 1.29 is 69.7 Å². The predicted octanol–water partition coefficient (Wildman–Crippen LogP) is -1.10. The molecular formula is C23H24NO13+. The van der Waals surface area contributed by atoms with Gasteiger partial charge in [-0.3, -0.25) is 0 Å². The van der Waals surface area contributed by atoms with Crippen LogP contribution in [0.4, 0.5) is 5.69 Å². The summed E-state index contributed by atoms with van der Waals surface area (Å²) >= 11 is 0. The maximum absolute atomic E-state index is 12.1. The molecule has 5 atom stereocenters. The summed E-state index contributed by atoms with van der Waals surface area (Å²) in [6.07, 6.45) is -7.64. The van der Waals surface area contributed by atoms with Gasteiger partial charge in [0.25, 0.3) is 0 Å². The molecular weight excluding hydrogens is 498 g/mol. The van der Waals surface area contributed by atoms with Crippen LogP contribution in [0, 0.1) is 0 Å². The number of fused-ring (bicyclic) bond motifs is 5. The molecule has 0 saturated carbocycles. The van der Waals surface area contributed by atoms with Crippen molar-refractivity contribution in [3.05, 3.63) is 29.8 Å². The van der Waals surface area contributed by atoms with Crippen LogP contribution in [0.3, 0.4) is 0 Å². The molecule has 0 bridgehead atoms. The third kappa shape index (κ3) is 4.05. The molecule has 0 radical (unpaired) electrons. The van der Waals surface area contributed by atoms with Gasteiger partial charge < -0.3 is 49.2 Å². The second-order valence-corrected chi connectivity index (χ2v) is 8.50. The predicted molar refractivity (Wildman–Crippen MR) is 120 cm³/mol. The Labute approximate surface area is 207 Å². The van der Waals surface area contributed by atoms with E-state index in [2.05, 4.69) is 0 Å². The molecule has 1 fully saturated rings. The first kappa shape index (κ1) is 25.2. The van der Waals surface area contributed by atoms with Gasteiger partial charge in [-0.05, 0) is 17.4 Å². The summed E-state index contributed by atoms with van der Waals surface area (Å²) in [5, 5.41) is 69.5. The van der Waals surface area contributed by atoms with Crippen LogP contribution in [0.5, 0.6) is 23.0 Å². The summed E-state index contributed by atoms with van der Waals surface area (Å²) in [6, 6.07) is 5.40. The maximum atomic E-state index is 12.1. The molecule has 0 amide bonds. The molecule has 3 aromatic rings. The standard InChI is InChI=1S/C23H23NO13/c1-33-13-3-8(36-23-20(28)19(27)18(26)15(6-25)37-23)2-10-9(13)4-12(24(31)32)16-11(22(29)30)5-14-21(17(10)16)35-7-34-14/h2-5,15,18-20,23,25-28,31-32H,6-7H2,1H3,(H,29,30)/p+1. The largest absolute Gasteiger partial charge is 0.496 e. The van der Waals surface area contributed by atoms with E-state index < -0.39 is 48.5 Å². The molecule has 1 saturated heterocycles. The van der Waals surface area contributed by atoms with Crippen molar-refractivity contribution >= 4 is 33.2 Å². The number of rotatable bonds is 6. The van der Waals surface area contributed by atoms with Crippen LogP contribution in [0.1, 0.15) is 10.4 Å². The molecule has 0 aromatic heterocycles. The molecule has 14 nitrogen and oxygen atoms in total. The normalized spacial score (nSPS) is 25.1. The number of ether oxygens (including phenoxy) is 5. The highest BCUT2D eigenvalue weighted by Gasteiger charge is 2.45. The average molecular weight is 522 g/mol. The number of hydrogen-bond acceptors (Lipinski definition) is 12. The Kier molecular flexibility index (Phi) is 6.43. The third-order valence-electron chi connectivity index (χ3n) is 6.40. The summed E-state index contributed by atoms with van der Waals surface area (Å²) in [5.74, 6) is -0.880. The van der Waals surface area contributed by atoms with Gasteiger partial charge in [-0.1, -0.05) is 0 Å². The highest BCUT2D eigenvalue weighted by atomic mass is 16.8. The fourth-order valence-electron chi connectivity index (χ4n) is 4.63. The summed E-state index contributed by atoms with van der Waals surface area (Å²) in [7, 11) is 1.34. The topological polar surface area (TPSA) is 209 Å². The van der Waals surface area contributed by atoms with Crippen molar-refractivity contribution in [1.82, 2.24) is 0 Å². The van der Waals surface area contributed by atoms with E-state index in [0.717, 1.165) is 0 Å². The number of benzene rings is 3. The molecule has 3 aromatic carbocycles. The summed E-state index contributed by atoms with van der Waals surface area (Å²) in [4.78, 5) is 12.1. The second-order valence-electron chi connectivity index (χ2n) is 8.50. The second kappa shape index (κ2) is 9.44. The molecule has 0 aliphatic carbocycles. The minimum Gasteiger partial charge on any atom is -0.496 e. The lowest BCUT2D eigenvalue weighted by Gasteiger charge is -2.39. The zero-order valence-corrected chi connectivity index (χ0v) is 19.2. The van der Waals surface area contributed by atoms with Crippen molar-refractivity contribution in [2.45, 2.75) is 30.7 Å². The molecule has 14 heteroatoms. The summed E-state index contributed by atoms with van der Waals surface area (Å²) in [6.45, 7) is -0.853. The molecule has 2 heterocycles. The van der Waals surface area contributed by atoms with E-state index in [1.54, 1.807) is 0 Å². The lowest BCUT2D eigenvalue weighted by molar-refractivity contribution is -1.19. The Morgan fingerprint density at radius 3 is 2.43 bits per heavy atom. The zero-order valence-electron chi connectivity index (χ0n) is 19.2. The zero-order chi connectivity index (χ0) is 26.6. The Morgan fingerprint density at radius 1 is 1.03 bits per heavy atom. The van der Waals surface area contributed by atoms with Crippen molar-refractivity contribution in [2.24, 2.45) is 0 Å². The van der Waals surface area contributed by atoms with Gasteiger partial charge in [-0.15, -0.1) is 0 Å². The highest BCUT2D eigenvalue weighted by Crippen LogP contribution is 2.48. The van der Waals surface area contributed by atoms with Gasteiger partial charge in [-0.2, -0.15) is 10.4 Å². The molecule has 5 unspecified atom stereocenters. The van der Waals surface area contributed by atoms with E-state index in [-0.39, 0.29) is 51.8 Å². The number of aliphatic hydroxyl groups excluding tert-OH is 4. The van der Waals surface area contributed by atoms with Gasteiger partial charge in [0.15, 0.2) is 11.5 Å². The Bertz CT molecular complexity index is 1370. The van der Waals surface area contributed by atoms with E-state index in [1.165, 1.54) is 31.4 Å². The Balaban J connectivity index is 1.75. The average Bonchev–Trinajstić information content (AvgIpc) is 3.35. The third-order valence-corrected chi connectivity index (χ3v) is 6.40. The highest BCUT2D eigenvalue weighted by molar-refractivity contribution is 6.22. The van der Waals surface area contributed by atoms with Crippen LogP contribution in [-0.2, 0) is 4.74 Å². The first-order valence-corrected chi connectivity index (χ1v) is 11.0. The van der Waals surface area contributed by atoms with E-state index in [9.17, 15) is 40.7 Å². The Hall–Kier alpha value is -3.47. The molecule has 0 spiro atoms. The number of aliphatic hydroxyl groups is 4. The minimum atomic E-state index is -1.68. The van der Waals surface area contributed by atoms with Gasteiger partial charge in [0.2, 0.25) is 18.8 Å². The van der Waals surface area contributed by atoms with Crippen molar-refractivity contribution in [3.8, 4) is 23.0 Å². The van der Waals surface area contributed by atoms with Crippen molar-refractivity contribution in [1.29, 1.82) is 0 Å². The van der Waals surface area contributed by atoms with Crippen LogP contribution < -0.4 is 24.2 Å².